The van der Waals surface area contributed by atoms with Gasteiger partial charge in [-0.25, -0.2) is 0 Å². The molecule has 3 rings (SSSR count). The lowest BCUT2D eigenvalue weighted by Crippen LogP contribution is -2.10. The molecule has 0 bridgehead atoms. The Kier molecular flexibility index (Phi) is 6.01. The van der Waals surface area contributed by atoms with Crippen LogP contribution in [0.5, 0.6) is 5.75 Å². The van der Waals surface area contributed by atoms with Crippen LogP contribution in [0.25, 0.3) is 0 Å². The Hall–Kier alpha value is -1.81. The van der Waals surface area contributed by atoms with E-state index in [0.29, 0.717) is 6.61 Å². The Morgan fingerprint density at radius 3 is 2.50 bits per heavy atom. The maximum Gasteiger partial charge on any atom is 0.120 e. The van der Waals surface area contributed by atoms with Gasteiger partial charge in [0.05, 0.1) is 6.04 Å². The first-order valence-corrected chi connectivity index (χ1v) is 7.76. The van der Waals surface area contributed by atoms with Crippen molar-refractivity contribution in [3.8, 4) is 5.75 Å². The van der Waals surface area contributed by atoms with E-state index < -0.39 is 0 Å². The lowest BCUT2D eigenvalue weighted by molar-refractivity contribution is 0.306. The molecule has 0 fully saturated rings. The maximum absolute atomic E-state index is 6.29. The third-order valence-electron chi connectivity index (χ3n) is 3.32. The summed E-state index contributed by atoms with van der Waals surface area (Å²) in [5, 5.41) is 2.05. The quantitative estimate of drug-likeness (QED) is 0.729. The van der Waals surface area contributed by atoms with Crippen LogP contribution in [-0.4, -0.2) is 0 Å². The summed E-state index contributed by atoms with van der Waals surface area (Å²) in [5.74, 6) is 0.850. The fourth-order valence-electron chi connectivity index (χ4n) is 2.17. The summed E-state index contributed by atoms with van der Waals surface area (Å²) in [5.41, 5.74) is 8.52. The second kappa shape index (κ2) is 7.99. The molecule has 0 saturated carbocycles. The molecule has 0 aliphatic rings. The highest BCUT2D eigenvalue weighted by Gasteiger charge is 2.10. The molecule has 22 heavy (non-hydrogen) atoms. The first-order chi connectivity index (χ1) is 10.3. The molecule has 1 atom stereocenters. The van der Waals surface area contributed by atoms with E-state index in [0.717, 1.165) is 21.8 Å². The molecular formula is C18H18ClNOS. The summed E-state index contributed by atoms with van der Waals surface area (Å²) >= 11 is 1.68. The van der Waals surface area contributed by atoms with Gasteiger partial charge in [-0.2, -0.15) is 0 Å². The van der Waals surface area contributed by atoms with E-state index >= 15 is 0 Å². The first kappa shape index (κ1) is 16.6. The Bertz CT molecular complexity index is 685. The minimum Gasteiger partial charge on any atom is -0.489 e. The van der Waals surface area contributed by atoms with Gasteiger partial charge in [-0.05, 0) is 34.7 Å². The summed E-state index contributed by atoms with van der Waals surface area (Å²) in [6, 6.07) is 22.2. The number of halogens is 1. The van der Waals surface area contributed by atoms with Crippen LogP contribution in [0.4, 0.5) is 0 Å². The van der Waals surface area contributed by atoms with E-state index in [2.05, 4.69) is 18.2 Å². The summed E-state index contributed by atoms with van der Waals surface area (Å²) in [6.07, 6.45) is 0. The third kappa shape index (κ3) is 4.10. The smallest absolute Gasteiger partial charge is 0.120 e. The monoisotopic (exact) mass is 331 g/mol. The zero-order chi connectivity index (χ0) is 14.5. The zero-order valence-electron chi connectivity index (χ0n) is 12.0. The van der Waals surface area contributed by atoms with Crippen molar-refractivity contribution in [2.75, 3.05) is 0 Å². The third-order valence-corrected chi connectivity index (χ3v) is 4.27. The van der Waals surface area contributed by atoms with Gasteiger partial charge >= 0.3 is 0 Å². The van der Waals surface area contributed by atoms with Gasteiger partial charge in [-0.3, -0.25) is 0 Å². The molecular weight excluding hydrogens is 314 g/mol. The van der Waals surface area contributed by atoms with Crippen molar-refractivity contribution in [2.24, 2.45) is 5.73 Å². The number of rotatable bonds is 5. The second-order valence-electron chi connectivity index (χ2n) is 4.84. The van der Waals surface area contributed by atoms with Gasteiger partial charge in [0.15, 0.2) is 0 Å². The van der Waals surface area contributed by atoms with E-state index in [1.54, 1.807) is 11.3 Å². The van der Waals surface area contributed by atoms with Crippen LogP contribution in [0.1, 0.15) is 22.0 Å². The highest BCUT2D eigenvalue weighted by molar-refractivity contribution is 7.10. The fraction of sp³-hybridized carbons (Fsp3) is 0.111. The Labute approximate surface area is 141 Å². The topological polar surface area (TPSA) is 35.2 Å². The molecule has 1 aromatic heterocycles. The van der Waals surface area contributed by atoms with Crippen LogP contribution in [0, 0.1) is 0 Å². The molecule has 3 aromatic rings. The van der Waals surface area contributed by atoms with Crippen LogP contribution in [0.2, 0.25) is 0 Å². The maximum atomic E-state index is 6.29. The summed E-state index contributed by atoms with van der Waals surface area (Å²) in [7, 11) is 0. The van der Waals surface area contributed by atoms with Crippen molar-refractivity contribution in [3.63, 3.8) is 0 Å². The van der Waals surface area contributed by atoms with Gasteiger partial charge in [-0.15, -0.1) is 23.7 Å². The standard InChI is InChI=1S/C18H17NOS.ClH/c19-18(17-10-5-11-21-17)15-8-4-9-16(12-15)20-13-14-6-2-1-3-7-14;/h1-12,18H,13,19H2;1H/t18-;/m0./s1. The molecule has 114 valence electrons. The summed E-state index contributed by atoms with van der Waals surface area (Å²) in [6.45, 7) is 0.568. The van der Waals surface area contributed by atoms with Crippen LogP contribution >= 0.6 is 23.7 Å². The normalized spacial score (nSPS) is 11.5. The van der Waals surface area contributed by atoms with Crippen LogP contribution in [0.15, 0.2) is 72.1 Å². The highest BCUT2D eigenvalue weighted by atomic mass is 35.5. The number of ether oxygens (including phenoxy) is 1. The number of thiophene rings is 1. The SMILES string of the molecule is Cl.N[C@@H](c1cccc(OCc2ccccc2)c1)c1cccs1. The number of benzene rings is 2. The summed E-state index contributed by atoms with van der Waals surface area (Å²) in [4.78, 5) is 1.16. The molecule has 2 nitrogen and oxygen atoms in total. The van der Waals surface area contributed by atoms with E-state index in [1.165, 1.54) is 0 Å². The van der Waals surface area contributed by atoms with E-state index in [-0.39, 0.29) is 18.4 Å². The van der Waals surface area contributed by atoms with E-state index in [4.69, 9.17) is 10.5 Å². The number of hydrogen-bond acceptors (Lipinski definition) is 3. The van der Waals surface area contributed by atoms with Crippen molar-refractivity contribution >= 4 is 23.7 Å². The fourth-order valence-corrected chi connectivity index (χ4v) is 2.93. The van der Waals surface area contributed by atoms with Crippen LogP contribution in [0.3, 0.4) is 0 Å². The van der Waals surface area contributed by atoms with Gasteiger partial charge in [0, 0.05) is 4.88 Å². The van der Waals surface area contributed by atoms with Crippen molar-refractivity contribution in [1.82, 2.24) is 0 Å². The van der Waals surface area contributed by atoms with Crippen molar-refractivity contribution < 1.29 is 4.74 Å². The molecule has 2 aromatic carbocycles. The predicted octanol–water partition coefficient (Wildman–Crippen LogP) is 4.80. The first-order valence-electron chi connectivity index (χ1n) is 6.88. The highest BCUT2D eigenvalue weighted by Crippen LogP contribution is 2.26. The lowest BCUT2D eigenvalue weighted by Gasteiger charge is -2.12. The van der Waals surface area contributed by atoms with Crippen molar-refractivity contribution in [1.29, 1.82) is 0 Å². The van der Waals surface area contributed by atoms with Crippen molar-refractivity contribution in [2.45, 2.75) is 12.6 Å². The second-order valence-corrected chi connectivity index (χ2v) is 5.82. The molecule has 0 aliphatic heterocycles. The number of nitrogens with two attached hydrogens (primary N) is 1. The largest absolute Gasteiger partial charge is 0.489 e. The predicted molar refractivity (Wildman–Crippen MR) is 94.8 cm³/mol. The van der Waals surface area contributed by atoms with Gasteiger partial charge in [0.1, 0.15) is 12.4 Å². The lowest BCUT2D eigenvalue weighted by atomic mass is 10.1. The van der Waals surface area contributed by atoms with E-state index in [9.17, 15) is 0 Å². The van der Waals surface area contributed by atoms with Gasteiger partial charge in [0.2, 0.25) is 0 Å². The number of hydrogen-bond donors (Lipinski definition) is 1. The molecule has 0 aliphatic carbocycles. The minimum absolute atomic E-state index is 0. The van der Waals surface area contributed by atoms with Gasteiger partial charge < -0.3 is 10.5 Å². The summed E-state index contributed by atoms with van der Waals surface area (Å²) < 4.78 is 5.85. The van der Waals surface area contributed by atoms with Crippen LogP contribution in [-0.2, 0) is 6.61 Å². The van der Waals surface area contributed by atoms with E-state index in [1.807, 2.05) is 53.9 Å². The molecule has 0 unspecified atom stereocenters. The average molecular weight is 332 g/mol. The Morgan fingerprint density at radius 2 is 1.77 bits per heavy atom. The van der Waals surface area contributed by atoms with Crippen molar-refractivity contribution in [3.05, 3.63) is 88.1 Å². The Balaban J connectivity index is 0.00000176. The zero-order valence-corrected chi connectivity index (χ0v) is 13.6. The molecule has 0 spiro atoms. The molecule has 0 amide bonds. The molecule has 2 N–H and O–H groups in total. The minimum atomic E-state index is -0.0923. The average Bonchev–Trinajstić information content (AvgIpc) is 3.08. The Morgan fingerprint density at radius 1 is 0.955 bits per heavy atom. The molecule has 1 heterocycles. The molecule has 4 heteroatoms. The molecule has 0 radical (unpaired) electrons. The van der Waals surface area contributed by atoms with Gasteiger partial charge in [0.25, 0.3) is 0 Å². The van der Waals surface area contributed by atoms with Gasteiger partial charge in [-0.1, -0.05) is 48.5 Å². The van der Waals surface area contributed by atoms with Crippen LogP contribution < -0.4 is 10.5 Å². The molecule has 0 saturated heterocycles.